The van der Waals surface area contributed by atoms with Crippen LogP contribution in [0.4, 0.5) is 0 Å². The fourth-order valence-electron chi connectivity index (χ4n) is 1.95. The molecule has 1 rings (SSSR count). The summed E-state index contributed by atoms with van der Waals surface area (Å²) in [7, 11) is 0. The molecule has 0 aromatic carbocycles. The van der Waals surface area contributed by atoms with E-state index in [1.54, 1.807) is 0 Å². The Balaban J connectivity index is 2.34. The Hall–Kier alpha value is -0.590. The van der Waals surface area contributed by atoms with E-state index in [1.807, 2.05) is 6.08 Å². The fraction of sp³-hybridized carbons (Fsp3) is 0.786. The second kappa shape index (κ2) is 5.48. The number of hydrogen-bond donors (Lipinski definition) is 0. The summed E-state index contributed by atoms with van der Waals surface area (Å²) in [6, 6.07) is 0. The highest BCUT2D eigenvalue weighted by Gasteiger charge is 2.13. The summed E-state index contributed by atoms with van der Waals surface area (Å²) in [4.78, 5) is 11.7. The minimum Gasteiger partial charge on any atom is -0.295 e. The molecule has 0 bridgehead atoms. The standard InChI is InChI=1S/C14H24O/c1-14(2,3)10-9-13(15)11-12-7-5-4-6-8-12/h11H,4-10H2,1-3H3. The van der Waals surface area contributed by atoms with Crippen LogP contribution in [0.3, 0.4) is 0 Å². The highest BCUT2D eigenvalue weighted by Crippen LogP contribution is 2.24. The number of ketones is 1. The minimum atomic E-state index is 0.279. The summed E-state index contributed by atoms with van der Waals surface area (Å²) < 4.78 is 0. The zero-order valence-corrected chi connectivity index (χ0v) is 10.4. The second-order valence-electron chi connectivity index (χ2n) is 5.89. The van der Waals surface area contributed by atoms with Gasteiger partial charge in [0.05, 0.1) is 0 Å². The average Bonchev–Trinajstić information content (AvgIpc) is 2.15. The van der Waals surface area contributed by atoms with Gasteiger partial charge in [-0.15, -0.1) is 0 Å². The van der Waals surface area contributed by atoms with Crippen molar-refractivity contribution in [3.63, 3.8) is 0 Å². The molecule has 0 saturated heterocycles. The van der Waals surface area contributed by atoms with Gasteiger partial charge in [0, 0.05) is 6.42 Å². The first kappa shape index (κ1) is 12.5. The summed E-state index contributed by atoms with van der Waals surface area (Å²) in [6.07, 6.45) is 9.83. The first-order chi connectivity index (χ1) is 6.97. The molecule has 0 amide bonds. The van der Waals surface area contributed by atoms with Crippen molar-refractivity contribution in [2.45, 2.75) is 65.7 Å². The monoisotopic (exact) mass is 208 g/mol. The average molecular weight is 208 g/mol. The van der Waals surface area contributed by atoms with E-state index in [0.717, 1.165) is 19.3 Å². The SMILES string of the molecule is CC(C)(C)CCC(=O)C=C1CCCCC1. The quantitative estimate of drug-likeness (QED) is 0.633. The Kier molecular flexibility index (Phi) is 4.56. The molecule has 0 atom stereocenters. The summed E-state index contributed by atoms with van der Waals surface area (Å²) in [6.45, 7) is 6.57. The van der Waals surface area contributed by atoms with Crippen LogP contribution in [0.1, 0.15) is 65.7 Å². The van der Waals surface area contributed by atoms with E-state index in [1.165, 1.54) is 24.8 Å². The molecule has 0 aromatic heterocycles. The molecule has 0 unspecified atom stereocenters. The van der Waals surface area contributed by atoms with E-state index in [4.69, 9.17) is 0 Å². The predicted octanol–water partition coefficient (Wildman–Crippen LogP) is 4.27. The van der Waals surface area contributed by atoms with Crippen LogP contribution in [0.5, 0.6) is 0 Å². The van der Waals surface area contributed by atoms with E-state index in [2.05, 4.69) is 20.8 Å². The van der Waals surface area contributed by atoms with Crippen molar-refractivity contribution in [3.05, 3.63) is 11.6 Å². The molecule has 0 aromatic rings. The molecule has 15 heavy (non-hydrogen) atoms. The van der Waals surface area contributed by atoms with Crippen molar-refractivity contribution in [1.29, 1.82) is 0 Å². The van der Waals surface area contributed by atoms with Gasteiger partial charge in [0.1, 0.15) is 0 Å². The lowest BCUT2D eigenvalue weighted by Crippen LogP contribution is -2.08. The topological polar surface area (TPSA) is 17.1 Å². The first-order valence-corrected chi connectivity index (χ1v) is 6.20. The zero-order valence-electron chi connectivity index (χ0n) is 10.4. The molecular weight excluding hydrogens is 184 g/mol. The smallest absolute Gasteiger partial charge is 0.155 e. The lowest BCUT2D eigenvalue weighted by atomic mass is 9.88. The fourth-order valence-corrected chi connectivity index (χ4v) is 1.95. The van der Waals surface area contributed by atoms with Gasteiger partial charge in [0.2, 0.25) is 0 Å². The highest BCUT2D eigenvalue weighted by atomic mass is 16.1. The molecule has 0 heterocycles. The Morgan fingerprint density at radius 1 is 1.20 bits per heavy atom. The molecule has 1 fully saturated rings. The summed E-state index contributed by atoms with van der Waals surface area (Å²) in [5.41, 5.74) is 1.67. The van der Waals surface area contributed by atoms with Crippen molar-refractivity contribution in [2.75, 3.05) is 0 Å². The van der Waals surface area contributed by atoms with Crippen LogP contribution in [0.25, 0.3) is 0 Å². The van der Waals surface area contributed by atoms with Crippen molar-refractivity contribution >= 4 is 5.78 Å². The third-order valence-corrected chi connectivity index (χ3v) is 2.98. The molecule has 86 valence electrons. The first-order valence-electron chi connectivity index (χ1n) is 6.20. The van der Waals surface area contributed by atoms with Gasteiger partial charge in [-0.2, -0.15) is 0 Å². The molecule has 0 aliphatic heterocycles. The van der Waals surface area contributed by atoms with Crippen molar-refractivity contribution in [3.8, 4) is 0 Å². The molecule has 1 aliphatic rings. The van der Waals surface area contributed by atoms with Gasteiger partial charge in [0.25, 0.3) is 0 Å². The third kappa shape index (κ3) is 5.76. The number of carbonyl (C=O) groups excluding carboxylic acids is 1. The molecule has 1 saturated carbocycles. The normalized spacial score (nSPS) is 17.7. The van der Waals surface area contributed by atoms with E-state index in [-0.39, 0.29) is 5.41 Å². The Morgan fingerprint density at radius 2 is 1.80 bits per heavy atom. The third-order valence-electron chi connectivity index (χ3n) is 2.98. The van der Waals surface area contributed by atoms with Gasteiger partial charge >= 0.3 is 0 Å². The summed E-state index contributed by atoms with van der Waals surface area (Å²) >= 11 is 0. The van der Waals surface area contributed by atoms with E-state index in [0.29, 0.717) is 12.2 Å². The van der Waals surface area contributed by atoms with Crippen LogP contribution in [0.15, 0.2) is 11.6 Å². The maximum atomic E-state index is 11.7. The van der Waals surface area contributed by atoms with Gasteiger partial charge in [-0.05, 0) is 43.6 Å². The molecule has 0 N–H and O–H groups in total. The zero-order chi connectivity index (χ0) is 11.3. The lowest BCUT2D eigenvalue weighted by Gasteiger charge is -2.17. The van der Waals surface area contributed by atoms with Gasteiger partial charge in [0.15, 0.2) is 5.78 Å². The van der Waals surface area contributed by atoms with Crippen LogP contribution in [0.2, 0.25) is 0 Å². The van der Waals surface area contributed by atoms with Gasteiger partial charge in [-0.1, -0.05) is 32.8 Å². The summed E-state index contributed by atoms with van der Waals surface area (Å²) in [5, 5.41) is 0. The van der Waals surface area contributed by atoms with Crippen LogP contribution in [-0.4, -0.2) is 5.78 Å². The van der Waals surface area contributed by atoms with Crippen LogP contribution < -0.4 is 0 Å². The Bertz CT molecular complexity index is 235. The van der Waals surface area contributed by atoms with Gasteiger partial charge in [-0.25, -0.2) is 0 Å². The van der Waals surface area contributed by atoms with E-state index < -0.39 is 0 Å². The van der Waals surface area contributed by atoms with Crippen molar-refractivity contribution in [1.82, 2.24) is 0 Å². The van der Waals surface area contributed by atoms with Crippen molar-refractivity contribution < 1.29 is 4.79 Å². The molecule has 0 radical (unpaired) electrons. The maximum absolute atomic E-state index is 11.7. The predicted molar refractivity (Wildman–Crippen MR) is 64.9 cm³/mol. The summed E-state index contributed by atoms with van der Waals surface area (Å²) in [5.74, 6) is 0.335. The molecule has 0 spiro atoms. The minimum absolute atomic E-state index is 0.279. The number of carbonyl (C=O) groups is 1. The largest absolute Gasteiger partial charge is 0.295 e. The molecule has 1 heteroatoms. The van der Waals surface area contributed by atoms with Crippen LogP contribution >= 0.6 is 0 Å². The lowest BCUT2D eigenvalue weighted by molar-refractivity contribution is -0.115. The van der Waals surface area contributed by atoms with Gasteiger partial charge in [-0.3, -0.25) is 4.79 Å². The Morgan fingerprint density at radius 3 is 2.33 bits per heavy atom. The molecular formula is C14H24O. The number of allylic oxidation sites excluding steroid dienone is 2. The molecule has 1 aliphatic carbocycles. The van der Waals surface area contributed by atoms with E-state index >= 15 is 0 Å². The van der Waals surface area contributed by atoms with Crippen LogP contribution in [0, 0.1) is 5.41 Å². The van der Waals surface area contributed by atoms with Gasteiger partial charge < -0.3 is 0 Å². The number of rotatable bonds is 3. The highest BCUT2D eigenvalue weighted by molar-refractivity contribution is 5.90. The number of hydrogen-bond acceptors (Lipinski definition) is 1. The maximum Gasteiger partial charge on any atom is 0.155 e. The Labute approximate surface area is 93.9 Å². The van der Waals surface area contributed by atoms with E-state index in [9.17, 15) is 4.79 Å². The molecule has 1 nitrogen and oxygen atoms in total. The second-order valence-corrected chi connectivity index (χ2v) is 5.89. The van der Waals surface area contributed by atoms with Crippen LogP contribution in [-0.2, 0) is 4.79 Å². The van der Waals surface area contributed by atoms with Crippen molar-refractivity contribution in [2.24, 2.45) is 5.41 Å².